The molecule has 110 valence electrons. The molecule has 1 saturated carbocycles. The van der Waals surface area contributed by atoms with E-state index < -0.39 is 0 Å². The largest absolute Gasteiger partial charge is 0.311 e. The highest BCUT2D eigenvalue weighted by atomic mass is 79.9. The van der Waals surface area contributed by atoms with Crippen LogP contribution in [0, 0.1) is 5.92 Å². The van der Waals surface area contributed by atoms with Crippen LogP contribution in [0.3, 0.4) is 0 Å². The summed E-state index contributed by atoms with van der Waals surface area (Å²) in [6, 6.07) is 10.3. The van der Waals surface area contributed by atoms with E-state index in [1.165, 1.54) is 42.4 Å². The first-order chi connectivity index (χ1) is 9.61. The van der Waals surface area contributed by atoms with Gasteiger partial charge in [0.2, 0.25) is 0 Å². The summed E-state index contributed by atoms with van der Waals surface area (Å²) in [5, 5.41) is 3.90. The standard InChI is InChI=1S/C17H25BrN2/c1-12-11-20(2)8-7-17(12)19-16-9-14(10-16)13-3-5-15(18)6-4-13/h3-6,12,14,16-17,19H,7-11H2,1-2H3. The van der Waals surface area contributed by atoms with E-state index in [4.69, 9.17) is 0 Å². The number of rotatable bonds is 3. The molecule has 0 bridgehead atoms. The van der Waals surface area contributed by atoms with E-state index in [1.807, 2.05) is 0 Å². The van der Waals surface area contributed by atoms with Gasteiger partial charge in [0.25, 0.3) is 0 Å². The zero-order chi connectivity index (χ0) is 14.1. The van der Waals surface area contributed by atoms with Crippen molar-refractivity contribution in [2.75, 3.05) is 20.1 Å². The van der Waals surface area contributed by atoms with E-state index in [2.05, 4.69) is 64.4 Å². The molecule has 1 aliphatic heterocycles. The Bertz CT molecular complexity index is 439. The number of likely N-dealkylation sites (tertiary alicyclic amines) is 1. The van der Waals surface area contributed by atoms with Gasteiger partial charge in [0.05, 0.1) is 0 Å². The van der Waals surface area contributed by atoms with Crippen LogP contribution in [0.15, 0.2) is 28.7 Å². The molecule has 20 heavy (non-hydrogen) atoms. The van der Waals surface area contributed by atoms with Crippen LogP contribution in [0.1, 0.15) is 37.7 Å². The maximum Gasteiger partial charge on any atom is 0.0175 e. The molecule has 2 unspecified atom stereocenters. The van der Waals surface area contributed by atoms with E-state index in [-0.39, 0.29) is 0 Å². The Morgan fingerprint density at radius 1 is 1.20 bits per heavy atom. The third kappa shape index (κ3) is 3.26. The van der Waals surface area contributed by atoms with Gasteiger partial charge >= 0.3 is 0 Å². The highest BCUT2D eigenvalue weighted by Crippen LogP contribution is 2.38. The van der Waals surface area contributed by atoms with Gasteiger partial charge in [-0.1, -0.05) is 35.0 Å². The maximum absolute atomic E-state index is 3.90. The van der Waals surface area contributed by atoms with Crippen molar-refractivity contribution in [1.82, 2.24) is 10.2 Å². The fourth-order valence-electron chi connectivity index (χ4n) is 3.67. The Morgan fingerprint density at radius 3 is 2.55 bits per heavy atom. The number of hydrogen-bond acceptors (Lipinski definition) is 2. The van der Waals surface area contributed by atoms with Crippen LogP contribution < -0.4 is 5.32 Å². The quantitative estimate of drug-likeness (QED) is 0.906. The van der Waals surface area contributed by atoms with E-state index >= 15 is 0 Å². The highest BCUT2D eigenvalue weighted by Gasteiger charge is 2.33. The van der Waals surface area contributed by atoms with Crippen LogP contribution in [-0.2, 0) is 0 Å². The molecule has 3 heteroatoms. The molecule has 0 amide bonds. The van der Waals surface area contributed by atoms with Crippen molar-refractivity contribution in [2.24, 2.45) is 5.92 Å². The van der Waals surface area contributed by atoms with Gasteiger partial charge in [0.1, 0.15) is 0 Å². The van der Waals surface area contributed by atoms with Crippen molar-refractivity contribution in [3.05, 3.63) is 34.3 Å². The molecule has 1 heterocycles. The van der Waals surface area contributed by atoms with Crippen molar-refractivity contribution >= 4 is 15.9 Å². The van der Waals surface area contributed by atoms with Crippen molar-refractivity contribution in [2.45, 2.75) is 44.2 Å². The smallest absolute Gasteiger partial charge is 0.0175 e. The maximum atomic E-state index is 3.90. The summed E-state index contributed by atoms with van der Waals surface area (Å²) in [5.74, 6) is 1.54. The second-order valence-corrected chi connectivity index (χ2v) is 7.63. The molecule has 0 spiro atoms. The van der Waals surface area contributed by atoms with Crippen molar-refractivity contribution in [1.29, 1.82) is 0 Å². The Hall–Kier alpha value is -0.380. The van der Waals surface area contributed by atoms with Gasteiger partial charge in [0, 0.05) is 23.1 Å². The molecule has 1 saturated heterocycles. The fraction of sp³-hybridized carbons (Fsp3) is 0.647. The molecular formula is C17H25BrN2. The van der Waals surface area contributed by atoms with Crippen LogP contribution in [0.2, 0.25) is 0 Å². The van der Waals surface area contributed by atoms with Crippen LogP contribution in [0.5, 0.6) is 0 Å². The number of nitrogens with one attached hydrogen (secondary N) is 1. The molecular weight excluding hydrogens is 312 g/mol. The summed E-state index contributed by atoms with van der Waals surface area (Å²) in [7, 11) is 2.24. The summed E-state index contributed by atoms with van der Waals surface area (Å²) in [4.78, 5) is 2.45. The minimum Gasteiger partial charge on any atom is -0.311 e. The normalized spacial score (nSPS) is 34.8. The van der Waals surface area contributed by atoms with Crippen molar-refractivity contribution < 1.29 is 0 Å². The lowest BCUT2D eigenvalue weighted by Crippen LogP contribution is -2.53. The number of nitrogens with zero attached hydrogens (tertiary/aromatic N) is 1. The predicted molar refractivity (Wildman–Crippen MR) is 88.1 cm³/mol. The number of piperidine rings is 1. The van der Waals surface area contributed by atoms with Crippen LogP contribution >= 0.6 is 15.9 Å². The van der Waals surface area contributed by atoms with E-state index in [1.54, 1.807) is 0 Å². The highest BCUT2D eigenvalue weighted by molar-refractivity contribution is 9.10. The molecule has 1 aliphatic carbocycles. The van der Waals surface area contributed by atoms with Gasteiger partial charge in [-0.25, -0.2) is 0 Å². The third-order valence-corrected chi connectivity index (χ3v) is 5.57. The Kier molecular flexibility index (Phi) is 4.49. The van der Waals surface area contributed by atoms with Crippen molar-refractivity contribution in [3.8, 4) is 0 Å². The zero-order valence-electron chi connectivity index (χ0n) is 12.5. The average Bonchev–Trinajstić information content (AvgIpc) is 2.37. The lowest BCUT2D eigenvalue weighted by atomic mass is 9.75. The summed E-state index contributed by atoms with van der Waals surface area (Å²) in [5.41, 5.74) is 1.50. The van der Waals surface area contributed by atoms with E-state index in [9.17, 15) is 0 Å². The zero-order valence-corrected chi connectivity index (χ0v) is 14.1. The second-order valence-electron chi connectivity index (χ2n) is 6.72. The summed E-state index contributed by atoms with van der Waals surface area (Å²) >= 11 is 3.51. The third-order valence-electron chi connectivity index (χ3n) is 5.04. The van der Waals surface area contributed by atoms with Gasteiger partial charge in [-0.15, -0.1) is 0 Å². The monoisotopic (exact) mass is 336 g/mol. The van der Waals surface area contributed by atoms with Crippen LogP contribution in [-0.4, -0.2) is 37.1 Å². The first-order valence-electron chi connectivity index (χ1n) is 7.82. The minimum atomic E-state index is 0.724. The topological polar surface area (TPSA) is 15.3 Å². The van der Waals surface area contributed by atoms with E-state index in [0.29, 0.717) is 0 Å². The lowest BCUT2D eigenvalue weighted by molar-refractivity contribution is 0.145. The van der Waals surface area contributed by atoms with Gasteiger partial charge in [-0.05, 0) is 62.4 Å². The predicted octanol–water partition coefficient (Wildman–Crippen LogP) is 3.62. The SMILES string of the molecule is CC1CN(C)CCC1NC1CC(c2ccc(Br)cc2)C1. The molecule has 1 N–H and O–H groups in total. The first-order valence-corrected chi connectivity index (χ1v) is 8.61. The Balaban J connectivity index is 1.47. The lowest BCUT2D eigenvalue weighted by Gasteiger charge is -2.43. The minimum absolute atomic E-state index is 0.724. The Labute approximate surface area is 131 Å². The van der Waals surface area contributed by atoms with Gasteiger partial charge in [-0.2, -0.15) is 0 Å². The molecule has 2 atom stereocenters. The molecule has 1 aromatic rings. The second kappa shape index (κ2) is 6.17. The molecule has 3 rings (SSSR count). The number of halogens is 1. The molecule has 0 radical (unpaired) electrons. The molecule has 2 aliphatic rings. The van der Waals surface area contributed by atoms with Gasteiger partial charge in [0.15, 0.2) is 0 Å². The van der Waals surface area contributed by atoms with Gasteiger partial charge < -0.3 is 10.2 Å². The average molecular weight is 337 g/mol. The first kappa shape index (κ1) is 14.6. The molecule has 0 aromatic heterocycles. The van der Waals surface area contributed by atoms with E-state index in [0.717, 1.165) is 23.9 Å². The van der Waals surface area contributed by atoms with Crippen LogP contribution in [0.25, 0.3) is 0 Å². The number of benzene rings is 1. The van der Waals surface area contributed by atoms with Crippen LogP contribution in [0.4, 0.5) is 0 Å². The van der Waals surface area contributed by atoms with Crippen molar-refractivity contribution in [3.63, 3.8) is 0 Å². The van der Waals surface area contributed by atoms with Gasteiger partial charge in [-0.3, -0.25) is 0 Å². The molecule has 2 nitrogen and oxygen atoms in total. The molecule has 2 fully saturated rings. The fourth-order valence-corrected chi connectivity index (χ4v) is 3.93. The Morgan fingerprint density at radius 2 is 1.90 bits per heavy atom. The number of hydrogen-bond donors (Lipinski definition) is 1. The summed E-state index contributed by atoms with van der Waals surface area (Å²) in [6.45, 7) is 4.86. The summed E-state index contributed by atoms with van der Waals surface area (Å²) < 4.78 is 1.18. The molecule has 1 aromatic carbocycles. The summed E-state index contributed by atoms with van der Waals surface area (Å²) in [6.07, 6.45) is 3.92.